The van der Waals surface area contributed by atoms with Crippen LogP contribution in [-0.2, 0) is 6.61 Å². The van der Waals surface area contributed by atoms with Gasteiger partial charge in [-0.1, -0.05) is 13.8 Å². The molecule has 1 aromatic carbocycles. The van der Waals surface area contributed by atoms with Crippen molar-refractivity contribution >= 4 is 17.6 Å². The van der Waals surface area contributed by atoms with E-state index in [2.05, 4.69) is 18.8 Å². The van der Waals surface area contributed by atoms with Crippen LogP contribution in [-0.4, -0.2) is 11.3 Å². The van der Waals surface area contributed by atoms with E-state index in [0.29, 0.717) is 17.8 Å². The summed E-state index contributed by atoms with van der Waals surface area (Å²) in [6.45, 7) is 4.36. The maximum absolute atomic E-state index is 13.6. The Morgan fingerprint density at radius 2 is 2.26 bits per heavy atom. The van der Waals surface area contributed by atoms with Crippen molar-refractivity contribution in [2.45, 2.75) is 26.4 Å². The quantitative estimate of drug-likeness (QED) is 0.781. The molecular weight excluding hydrogens is 265 g/mol. The van der Waals surface area contributed by atoms with E-state index in [-0.39, 0.29) is 12.4 Å². The SMILES string of the molecule is CC(C)c1nc(COc2ccc(C=O)cc2F)cs1. The number of nitrogens with zero attached hydrogens (tertiary/aromatic N) is 1. The lowest BCUT2D eigenvalue weighted by atomic mass is 10.2. The van der Waals surface area contributed by atoms with E-state index >= 15 is 0 Å². The van der Waals surface area contributed by atoms with Gasteiger partial charge in [0.15, 0.2) is 11.6 Å². The number of halogens is 1. The summed E-state index contributed by atoms with van der Waals surface area (Å²) in [7, 11) is 0. The van der Waals surface area contributed by atoms with Crippen LogP contribution in [0.2, 0.25) is 0 Å². The van der Waals surface area contributed by atoms with Crippen LogP contribution in [0.3, 0.4) is 0 Å². The number of ether oxygens (including phenoxy) is 1. The summed E-state index contributed by atoms with van der Waals surface area (Å²) in [5.74, 6) is -0.0315. The van der Waals surface area contributed by atoms with E-state index in [1.807, 2.05) is 5.38 Å². The molecule has 1 aromatic heterocycles. The first-order valence-corrected chi connectivity index (χ1v) is 6.80. The van der Waals surface area contributed by atoms with Crippen molar-refractivity contribution in [3.8, 4) is 5.75 Å². The van der Waals surface area contributed by atoms with Crippen LogP contribution in [0.25, 0.3) is 0 Å². The van der Waals surface area contributed by atoms with Gasteiger partial charge in [-0.15, -0.1) is 11.3 Å². The fourth-order valence-electron chi connectivity index (χ4n) is 1.51. The van der Waals surface area contributed by atoms with E-state index in [0.717, 1.165) is 16.8 Å². The number of benzene rings is 1. The molecule has 0 N–H and O–H groups in total. The van der Waals surface area contributed by atoms with Crippen LogP contribution < -0.4 is 4.74 Å². The number of aromatic nitrogens is 1. The molecule has 3 nitrogen and oxygen atoms in total. The Kier molecular flexibility index (Phi) is 4.27. The third-order valence-corrected chi connectivity index (χ3v) is 3.73. The van der Waals surface area contributed by atoms with Crippen molar-refractivity contribution in [2.75, 3.05) is 0 Å². The molecule has 0 radical (unpaired) electrons. The van der Waals surface area contributed by atoms with Gasteiger partial charge in [0.05, 0.1) is 10.7 Å². The second-order valence-electron chi connectivity index (χ2n) is 4.43. The number of thiazole rings is 1. The van der Waals surface area contributed by atoms with Gasteiger partial charge >= 0.3 is 0 Å². The van der Waals surface area contributed by atoms with Gasteiger partial charge in [0.2, 0.25) is 0 Å². The van der Waals surface area contributed by atoms with Gasteiger partial charge in [0, 0.05) is 16.9 Å². The Morgan fingerprint density at radius 1 is 1.47 bits per heavy atom. The number of carbonyl (C=O) groups is 1. The average molecular weight is 279 g/mol. The Bertz CT molecular complexity index is 581. The van der Waals surface area contributed by atoms with Crippen LogP contribution in [0.4, 0.5) is 4.39 Å². The van der Waals surface area contributed by atoms with Crippen molar-refractivity contribution in [1.29, 1.82) is 0 Å². The second kappa shape index (κ2) is 5.93. The lowest BCUT2D eigenvalue weighted by Gasteiger charge is -2.05. The number of rotatable bonds is 5. The van der Waals surface area contributed by atoms with E-state index in [1.54, 1.807) is 11.3 Å². The molecule has 0 aliphatic carbocycles. The Labute approximate surface area is 115 Å². The number of hydrogen-bond acceptors (Lipinski definition) is 4. The van der Waals surface area contributed by atoms with Crippen LogP contribution in [0.5, 0.6) is 5.75 Å². The van der Waals surface area contributed by atoms with Gasteiger partial charge in [-0.05, 0) is 18.2 Å². The summed E-state index contributed by atoms with van der Waals surface area (Å²) in [6, 6.07) is 4.13. The molecule has 0 aliphatic rings. The zero-order valence-corrected chi connectivity index (χ0v) is 11.5. The van der Waals surface area contributed by atoms with Gasteiger partial charge in [-0.2, -0.15) is 0 Å². The molecule has 0 fully saturated rings. The molecule has 100 valence electrons. The molecule has 0 amide bonds. The monoisotopic (exact) mass is 279 g/mol. The Hall–Kier alpha value is -1.75. The zero-order valence-electron chi connectivity index (χ0n) is 10.7. The van der Waals surface area contributed by atoms with Crippen LogP contribution in [0.1, 0.15) is 40.8 Å². The average Bonchev–Trinajstić information content (AvgIpc) is 2.86. The minimum atomic E-state index is -0.538. The molecular formula is C14H14FNO2S. The van der Waals surface area contributed by atoms with Crippen LogP contribution >= 0.6 is 11.3 Å². The van der Waals surface area contributed by atoms with E-state index < -0.39 is 5.82 Å². The smallest absolute Gasteiger partial charge is 0.165 e. The minimum absolute atomic E-state index is 0.129. The summed E-state index contributed by atoms with van der Waals surface area (Å²) in [5.41, 5.74) is 1.08. The number of hydrogen-bond donors (Lipinski definition) is 0. The largest absolute Gasteiger partial charge is 0.484 e. The van der Waals surface area contributed by atoms with Gasteiger partial charge in [-0.25, -0.2) is 9.37 Å². The molecule has 0 atom stereocenters. The third kappa shape index (κ3) is 3.38. The summed E-state index contributed by atoms with van der Waals surface area (Å²) in [6.07, 6.45) is 0.599. The highest BCUT2D eigenvalue weighted by molar-refractivity contribution is 7.09. The highest BCUT2D eigenvalue weighted by Crippen LogP contribution is 2.22. The molecule has 0 aliphatic heterocycles. The first-order chi connectivity index (χ1) is 9.10. The topological polar surface area (TPSA) is 39.2 Å². The van der Waals surface area contributed by atoms with Gasteiger partial charge in [0.1, 0.15) is 12.9 Å². The molecule has 19 heavy (non-hydrogen) atoms. The fraction of sp³-hybridized carbons (Fsp3) is 0.286. The number of aldehydes is 1. The second-order valence-corrected chi connectivity index (χ2v) is 5.32. The molecule has 0 saturated carbocycles. The standard InChI is InChI=1S/C14H14FNO2S/c1-9(2)14-16-11(8-19-14)7-18-13-4-3-10(6-17)5-12(13)15/h3-6,8-9H,7H2,1-2H3. The maximum atomic E-state index is 13.6. The predicted octanol–water partition coefficient (Wildman–Crippen LogP) is 3.80. The van der Waals surface area contributed by atoms with Gasteiger partial charge in [-0.3, -0.25) is 4.79 Å². The first-order valence-electron chi connectivity index (χ1n) is 5.92. The fourth-order valence-corrected chi connectivity index (χ4v) is 2.33. The lowest BCUT2D eigenvalue weighted by Crippen LogP contribution is -1.99. The van der Waals surface area contributed by atoms with E-state index in [4.69, 9.17) is 4.74 Å². The molecule has 5 heteroatoms. The first kappa shape index (κ1) is 13.7. The summed E-state index contributed by atoms with van der Waals surface area (Å²) < 4.78 is 18.9. The highest BCUT2D eigenvalue weighted by atomic mass is 32.1. The molecule has 0 bridgehead atoms. The molecule has 0 spiro atoms. The molecule has 2 rings (SSSR count). The van der Waals surface area contributed by atoms with Gasteiger partial charge < -0.3 is 4.74 Å². The van der Waals surface area contributed by atoms with Crippen molar-refractivity contribution in [1.82, 2.24) is 4.98 Å². The van der Waals surface area contributed by atoms with Crippen LogP contribution in [0, 0.1) is 5.82 Å². The lowest BCUT2D eigenvalue weighted by molar-refractivity contribution is 0.112. The third-order valence-electron chi connectivity index (χ3n) is 2.53. The zero-order chi connectivity index (χ0) is 13.8. The van der Waals surface area contributed by atoms with E-state index in [9.17, 15) is 9.18 Å². The Morgan fingerprint density at radius 3 is 2.84 bits per heavy atom. The highest BCUT2D eigenvalue weighted by Gasteiger charge is 2.08. The molecule has 1 heterocycles. The van der Waals surface area contributed by atoms with Gasteiger partial charge in [0.25, 0.3) is 0 Å². The molecule has 0 unspecified atom stereocenters. The minimum Gasteiger partial charge on any atom is -0.484 e. The van der Waals surface area contributed by atoms with Crippen molar-refractivity contribution < 1.29 is 13.9 Å². The maximum Gasteiger partial charge on any atom is 0.165 e. The van der Waals surface area contributed by atoms with Crippen LogP contribution in [0.15, 0.2) is 23.6 Å². The van der Waals surface area contributed by atoms with Crippen molar-refractivity contribution in [3.63, 3.8) is 0 Å². The molecule has 0 saturated heterocycles. The predicted molar refractivity (Wildman–Crippen MR) is 72.3 cm³/mol. The summed E-state index contributed by atoms with van der Waals surface area (Å²) in [5, 5.41) is 2.95. The normalized spacial score (nSPS) is 10.7. The summed E-state index contributed by atoms with van der Waals surface area (Å²) >= 11 is 1.57. The van der Waals surface area contributed by atoms with Crippen molar-refractivity contribution in [3.05, 3.63) is 45.7 Å². The van der Waals surface area contributed by atoms with E-state index in [1.165, 1.54) is 12.1 Å². The molecule has 2 aromatic rings. The Balaban J connectivity index is 2.03. The summed E-state index contributed by atoms with van der Waals surface area (Å²) in [4.78, 5) is 14.9. The van der Waals surface area contributed by atoms with Crippen molar-refractivity contribution in [2.24, 2.45) is 0 Å². The number of carbonyl (C=O) groups excluding carboxylic acids is 1.